The van der Waals surface area contributed by atoms with Crippen molar-refractivity contribution in [3.05, 3.63) is 0 Å². The van der Waals surface area contributed by atoms with Gasteiger partial charge in [-0.05, 0) is 20.8 Å². The number of nitrogens with one attached hydrogen (secondary N) is 6. The molecule has 15 nitrogen and oxygen atoms in total. The van der Waals surface area contributed by atoms with Crippen LogP contribution in [0.2, 0.25) is 0 Å². The van der Waals surface area contributed by atoms with Crippen LogP contribution in [-0.4, -0.2) is 106 Å². The maximum atomic E-state index is 12.6. The molecule has 0 saturated carbocycles. The number of ether oxygens (including phenoxy) is 1. The summed E-state index contributed by atoms with van der Waals surface area (Å²) < 4.78 is 5.40. The molecule has 0 aromatic heterocycles. The van der Waals surface area contributed by atoms with E-state index in [1.54, 1.807) is 20.8 Å². The number of nitrogens with zero attached hydrogens (tertiary/aromatic N) is 1. The van der Waals surface area contributed by atoms with E-state index in [9.17, 15) is 24.0 Å². The minimum atomic E-state index is -0.736. The summed E-state index contributed by atoms with van der Waals surface area (Å²) in [5, 5.41) is 16.5. The summed E-state index contributed by atoms with van der Waals surface area (Å²) in [5.41, 5.74) is 9.91. The first-order valence-corrected chi connectivity index (χ1v) is 12.8. The van der Waals surface area contributed by atoms with Gasteiger partial charge in [0.05, 0.1) is 13.3 Å². The summed E-state index contributed by atoms with van der Waals surface area (Å²) in [4.78, 5) is 61.3. The quantitative estimate of drug-likeness (QED) is 0.0582. The standard InChI is InChI=1S/C23H47N9O6/c1-23(2,3)38-22(37)32(14-6-20(35)30-16-26-10-4-18(33)28-12-8-24)15-7-21(36)31-17-27-11-5-19(34)29-13-9-25/h26-27H,4-17,24-25H2,1-3H3,(H,28,33)(H,29,34)(H,30,35)(H,31,36). The Morgan fingerprint density at radius 1 is 0.632 bits per heavy atom. The van der Waals surface area contributed by atoms with Crippen LogP contribution in [0.1, 0.15) is 46.5 Å². The van der Waals surface area contributed by atoms with Gasteiger partial charge in [0.2, 0.25) is 23.6 Å². The fourth-order valence-electron chi connectivity index (χ4n) is 2.77. The zero-order valence-corrected chi connectivity index (χ0v) is 23.0. The van der Waals surface area contributed by atoms with Crippen molar-refractivity contribution in [3.63, 3.8) is 0 Å². The molecule has 0 radical (unpaired) electrons. The molecule has 0 fully saturated rings. The third-order valence-electron chi connectivity index (χ3n) is 4.68. The lowest BCUT2D eigenvalue weighted by atomic mass is 10.2. The second kappa shape index (κ2) is 21.0. The van der Waals surface area contributed by atoms with E-state index >= 15 is 0 Å². The van der Waals surface area contributed by atoms with Crippen molar-refractivity contribution < 1.29 is 28.7 Å². The van der Waals surface area contributed by atoms with Crippen LogP contribution in [-0.2, 0) is 23.9 Å². The van der Waals surface area contributed by atoms with E-state index in [2.05, 4.69) is 31.9 Å². The summed E-state index contributed by atoms with van der Waals surface area (Å²) in [6.07, 6.45) is -0.101. The summed E-state index contributed by atoms with van der Waals surface area (Å²) >= 11 is 0. The topological polar surface area (TPSA) is 222 Å². The van der Waals surface area contributed by atoms with Crippen LogP contribution in [0.25, 0.3) is 0 Å². The summed E-state index contributed by atoms with van der Waals surface area (Å²) in [6.45, 7) is 7.97. The highest BCUT2D eigenvalue weighted by Crippen LogP contribution is 2.10. The van der Waals surface area contributed by atoms with Gasteiger partial charge in [-0.15, -0.1) is 0 Å². The van der Waals surface area contributed by atoms with E-state index in [-0.39, 0.29) is 75.7 Å². The van der Waals surface area contributed by atoms with E-state index in [0.717, 1.165) is 0 Å². The molecule has 10 N–H and O–H groups in total. The molecular weight excluding hydrogens is 498 g/mol. The maximum Gasteiger partial charge on any atom is 0.410 e. The van der Waals surface area contributed by atoms with E-state index in [1.165, 1.54) is 4.90 Å². The van der Waals surface area contributed by atoms with Gasteiger partial charge < -0.3 is 42.4 Å². The Labute approximate surface area is 224 Å². The van der Waals surface area contributed by atoms with Gasteiger partial charge in [0.15, 0.2) is 0 Å². The van der Waals surface area contributed by atoms with Gasteiger partial charge in [0.1, 0.15) is 5.60 Å². The van der Waals surface area contributed by atoms with Crippen molar-refractivity contribution >= 4 is 29.7 Å². The van der Waals surface area contributed by atoms with Gasteiger partial charge in [-0.2, -0.15) is 0 Å². The zero-order chi connectivity index (χ0) is 28.8. The molecule has 0 rings (SSSR count). The van der Waals surface area contributed by atoms with E-state index in [1.807, 2.05) is 0 Å². The molecule has 0 aliphatic rings. The number of nitrogens with two attached hydrogens (primary N) is 2. The number of carbonyl (C=O) groups excluding carboxylic acids is 5. The Bertz CT molecular complexity index is 685. The van der Waals surface area contributed by atoms with Gasteiger partial charge in [0, 0.05) is 78.0 Å². The lowest BCUT2D eigenvalue weighted by Crippen LogP contribution is -2.42. The van der Waals surface area contributed by atoms with E-state index < -0.39 is 11.7 Å². The molecule has 220 valence electrons. The average Bonchev–Trinajstić information content (AvgIpc) is 2.84. The fraction of sp³-hybridized carbons (Fsp3) is 0.783. The summed E-state index contributed by atoms with van der Waals surface area (Å²) in [5.74, 6) is -0.869. The van der Waals surface area contributed by atoms with Crippen LogP contribution in [0, 0.1) is 0 Å². The zero-order valence-electron chi connectivity index (χ0n) is 23.0. The average molecular weight is 546 g/mol. The molecule has 0 bridgehead atoms. The normalized spacial score (nSPS) is 10.9. The summed E-state index contributed by atoms with van der Waals surface area (Å²) in [7, 11) is 0. The highest BCUT2D eigenvalue weighted by molar-refractivity contribution is 5.78. The first-order chi connectivity index (χ1) is 18.0. The Kier molecular flexibility index (Phi) is 19.3. The molecule has 0 aromatic carbocycles. The van der Waals surface area contributed by atoms with Crippen molar-refractivity contribution in [2.24, 2.45) is 11.5 Å². The molecule has 5 amide bonds. The number of hydrogen-bond acceptors (Lipinski definition) is 10. The molecule has 0 aliphatic heterocycles. The largest absolute Gasteiger partial charge is 0.444 e. The first-order valence-electron chi connectivity index (χ1n) is 12.8. The Morgan fingerprint density at radius 2 is 1.03 bits per heavy atom. The van der Waals surface area contributed by atoms with Crippen LogP contribution in [0.3, 0.4) is 0 Å². The number of amides is 5. The third-order valence-corrected chi connectivity index (χ3v) is 4.68. The Morgan fingerprint density at radius 3 is 1.39 bits per heavy atom. The van der Waals surface area contributed by atoms with Crippen molar-refractivity contribution in [3.8, 4) is 0 Å². The van der Waals surface area contributed by atoms with E-state index in [0.29, 0.717) is 39.3 Å². The Balaban J connectivity index is 4.39. The second-order valence-corrected chi connectivity index (χ2v) is 9.30. The molecule has 0 aromatic rings. The molecule has 0 heterocycles. The lowest BCUT2D eigenvalue weighted by Gasteiger charge is -2.27. The van der Waals surface area contributed by atoms with Gasteiger partial charge in [-0.1, -0.05) is 0 Å². The monoisotopic (exact) mass is 545 g/mol. The second-order valence-electron chi connectivity index (χ2n) is 9.30. The van der Waals surface area contributed by atoms with Gasteiger partial charge in [0.25, 0.3) is 0 Å². The molecule has 38 heavy (non-hydrogen) atoms. The smallest absolute Gasteiger partial charge is 0.410 e. The SMILES string of the molecule is CC(C)(C)OC(=O)N(CCC(=O)NCNCCC(=O)NCCN)CCC(=O)NCNCCC(=O)NCCN. The van der Waals surface area contributed by atoms with Crippen LogP contribution in [0.15, 0.2) is 0 Å². The predicted molar refractivity (Wildman–Crippen MR) is 142 cm³/mol. The fourth-order valence-corrected chi connectivity index (χ4v) is 2.77. The summed E-state index contributed by atoms with van der Waals surface area (Å²) in [6, 6.07) is 0. The molecule has 15 heteroatoms. The van der Waals surface area contributed by atoms with Gasteiger partial charge >= 0.3 is 6.09 Å². The highest BCUT2D eigenvalue weighted by atomic mass is 16.6. The van der Waals surface area contributed by atoms with Crippen molar-refractivity contribution in [1.29, 1.82) is 0 Å². The number of rotatable bonds is 20. The molecule has 0 saturated heterocycles. The number of carbonyl (C=O) groups is 5. The number of hydrogen-bond donors (Lipinski definition) is 8. The molecule has 0 unspecified atom stereocenters. The molecule has 0 spiro atoms. The van der Waals surface area contributed by atoms with Gasteiger partial charge in [-0.25, -0.2) is 4.79 Å². The highest BCUT2D eigenvalue weighted by Gasteiger charge is 2.23. The third kappa shape index (κ3) is 21.1. The van der Waals surface area contributed by atoms with E-state index in [4.69, 9.17) is 16.2 Å². The predicted octanol–water partition coefficient (Wildman–Crippen LogP) is -2.74. The van der Waals surface area contributed by atoms with Crippen molar-refractivity contribution in [2.75, 3.05) is 65.7 Å². The van der Waals surface area contributed by atoms with Crippen molar-refractivity contribution in [1.82, 2.24) is 36.8 Å². The minimum absolute atomic E-state index is 0.00725. The van der Waals surface area contributed by atoms with Crippen molar-refractivity contribution in [2.45, 2.75) is 52.1 Å². The Hall–Kier alpha value is -3.01. The maximum absolute atomic E-state index is 12.6. The minimum Gasteiger partial charge on any atom is -0.444 e. The van der Waals surface area contributed by atoms with Crippen LogP contribution >= 0.6 is 0 Å². The first kappa shape index (κ1) is 35.0. The van der Waals surface area contributed by atoms with Crippen LogP contribution in [0.5, 0.6) is 0 Å². The molecule has 0 atom stereocenters. The lowest BCUT2D eigenvalue weighted by molar-refractivity contribution is -0.122. The van der Waals surface area contributed by atoms with Crippen LogP contribution in [0.4, 0.5) is 4.79 Å². The van der Waals surface area contributed by atoms with Crippen LogP contribution < -0.4 is 43.4 Å². The molecule has 0 aliphatic carbocycles. The van der Waals surface area contributed by atoms with Gasteiger partial charge in [-0.3, -0.25) is 29.8 Å². The molecular formula is C23H47N9O6.